The summed E-state index contributed by atoms with van der Waals surface area (Å²) >= 11 is 0. The van der Waals surface area contributed by atoms with Gasteiger partial charge >= 0.3 is 11.9 Å². The Bertz CT molecular complexity index is 1010. The number of amides is 1. The maximum atomic E-state index is 12.8. The van der Waals surface area contributed by atoms with Crippen molar-refractivity contribution in [3.63, 3.8) is 0 Å². The summed E-state index contributed by atoms with van der Waals surface area (Å²) in [5.41, 5.74) is -0.166. The summed E-state index contributed by atoms with van der Waals surface area (Å²) in [4.78, 5) is 33.8. The molecule has 0 saturated heterocycles. The molecule has 0 spiro atoms. The second kappa shape index (κ2) is 10.1. The van der Waals surface area contributed by atoms with Gasteiger partial charge in [-0.1, -0.05) is 0 Å². The SMILES string of the molecule is CC(=O)N[C@@H]1[C@@H](NS(=O)(=O)c2ccc(C(=O)O)cc2)C=C(C(=O)O)O[C@H]1C(O)C(O)CO. The van der Waals surface area contributed by atoms with Crippen molar-refractivity contribution in [3.8, 4) is 0 Å². The van der Waals surface area contributed by atoms with E-state index in [0.717, 1.165) is 37.3 Å². The number of nitrogens with one attached hydrogen (secondary N) is 2. The second-order valence-electron chi connectivity index (χ2n) is 6.86. The Morgan fingerprint density at radius 1 is 1.09 bits per heavy atom. The topological polar surface area (TPSA) is 220 Å². The van der Waals surface area contributed by atoms with Crippen molar-refractivity contribution in [1.29, 1.82) is 0 Å². The summed E-state index contributed by atoms with van der Waals surface area (Å²) in [6.45, 7) is 0.158. The Kier molecular flexibility index (Phi) is 7.92. The monoisotopic (exact) mass is 474 g/mol. The molecule has 0 aliphatic carbocycles. The molecule has 1 amide bonds. The van der Waals surface area contributed by atoms with Gasteiger partial charge in [-0.25, -0.2) is 22.7 Å². The second-order valence-corrected chi connectivity index (χ2v) is 8.58. The largest absolute Gasteiger partial charge is 0.478 e. The maximum absolute atomic E-state index is 12.8. The van der Waals surface area contributed by atoms with Crippen molar-refractivity contribution in [2.45, 2.75) is 42.2 Å². The molecule has 1 heterocycles. The zero-order valence-corrected chi connectivity index (χ0v) is 17.4. The van der Waals surface area contributed by atoms with Gasteiger partial charge < -0.3 is 35.6 Å². The number of hydrogen-bond donors (Lipinski definition) is 7. The van der Waals surface area contributed by atoms with E-state index in [0.29, 0.717) is 0 Å². The number of carbonyl (C=O) groups excluding carboxylic acids is 1. The van der Waals surface area contributed by atoms with Gasteiger partial charge in [0, 0.05) is 6.92 Å². The van der Waals surface area contributed by atoms with E-state index in [2.05, 4.69) is 10.0 Å². The van der Waals surface area contributed by atoms with Gasteiger partial charge in [0.25, 0.3) is 0 Å². The zero-order valence-electron chi connectivity index (χ0n) is 16.6. The average molecular weight is 474 g/mol. The van der Waals surface area contributed by atoms with Crippen LogP contribution in [0.5, 0.6) is 0 Å². The number of ether oxygens (including phenoxy) is 1. The van der Waals surface area contributed by atoms with Crippen LogP contribution in [0, 0.1) is 0 Å². The van der Waals surface area contributed by atoms with Gasteiger partial charge in [0.15, 0.2) is 0 Å². The van der Waals surface area contributed by atoms with E-state index in [1.807, 2.05) is 0 Å². The molecule has 0 fully saturated rings. The van der Waals surface area contributed by atoms with Crippen LogP contribution in [0.25, 0.3) is 0 Å². The van der Waals surface area contributed by atoms with Gasteiger partial charge in [-0.3, -0.25) is 4.79 Å². The molecule has 1 aliphatic heterocycles. The van der Waals surface area contributed by atoms with E-state index in [9.17, 15) is 38.1 Å². The first-order valence-electron chi connectivity index (χ1n) is 9.09. The number of hydrogen-bond acceptors (Lipinski definition) is 9. The minimum absolute atomic E-state index is 0.166. The molecule has 1 aromatic carbocycles. The maximum Gasteiger partial charge on any atom is 0.370 e. The van der Waals surface area contributed by atoms with Crippen molar-refractivity contribution in [2.75, 3.05) is 6.61 Å². The zero-order chi connectivity index (χ0) is 24.2. The predicted octanol–water partition coefficient (Wildman–Crippen LogP) is -2.38. The Hall–Kier alpha value is -3.04. The van der Waals surface area contributed by atoms with Crippen molar-refractivity contribution >= 4 is 27.9 Å². The molecular formula is C18H22N2O11S. The van der Waals surface area contributed by atoms with Crippen LogP contribution in [0.1, 0.15) is 17.3 Å². The van der Waals surface area contributed by atoms with E-state index < -0.39 is 70.6 Å². The van der Waals surface area contributed by atoms with Crippen molar-refractivity contribution in [1.82, 2.24) is 10.0 Å². The highest BCUT2D eigenvalue weighted by Crippen LogP contribution is 2.24. The molecule has 0 bridgehead atoms. The van der Waals surface area contributed by atoms with Gasteiger partial charge in [0.1, 0.15) is 18.3 Å². The molecule has 13 nitrogen and oxygen atoms in total. The smallest absolute Gasteiger partial charge is 0.370 e. The number of benzene rings is 1. The first-order chi connectivity index (χ1) is 14.9. The minimum atomic E-state index is -4.38. The van der Waals surface area contributed by atoms with Gasteiger partial charge in [-0.05, 0) is 30.3 Å². The van der Waals surface area contributed by atoms with Crippen molar-refractivity contribution in [2.24, 2.45) is 0 Å². The number of carboxylic acids is 2. The van der Waals surface area contributed by atoms with E-state index in [-0.39, 0.29) is 10.5 Å². The summed E-state index contributed by atoms with van der Waals surface area (Å²) in [7, 11) is -4.38. The fourth-order valence-electron chi connectivity index (χ4n) is 3.00. The first-order valence-corrected chi connectivity index (χ1v) is 10.6. The molecule has 0 saturated carbocycles. The molecule has 7 N–H and O–H groups in total. The number of aliphatic hydroxyl groups excluding tert-OH is 3. The van der Waals surface area contributed by atoms with Crippen LogP contribution < -0.4 is 10.0 Å². The number of rotatable bonds is 9. The summed E-state index contributed by atoms with van der Waals surface area (Å²) in [5, 5.41) is 49.8. The molecule has 0 radical (unpaired) electrons. The molecule has 14 heteroatoms. The van der Waals surface area contributed by atoms with Gasteiger partial charge in [-0.15, -0.1) is 0 Å². The molecule has 2 unspecified atom stereocenters. The highest BCUT2D eigenvalue weighted by Gasteiger charge is 2.44. The van der Waals surface area contributed by atoms with E-state index in [1.54, 1.807) is 0 Å². The van der Waals surface area contributed by atoms with Crippen molar-refractivity contribution < 1.29 is 53.1 Å². The lowest BCUT2D eigenvalue weighted by Crippen LogP contribution is -2.63. The highest BCUT2D eigenvalue weighted by atomic mass is 32.2. The molecule has 1 aromatic rings. The van der Waals surface area contributed by atoms with Crippen LogP contribution in [-0.4, -0.2) is 88.8 Å². The highest BCUT2D eigenvalue weighted by molar-refractivity contribution is 7.89. The number of aliphatic hydroxyl groups is 3. The van der Waals surface area contributed by atoms with Crippen LogP contribution in [0.15, 0.2) is 41.0 Å². The predicted molar refractivity (Wildman–Crippen MR) is 105 cm³/mol. The Morgan fingerprint density at radius 3 is 2.16 bits per heavy atom. The molecule has 2 rings (SSSR count). The molecule has 176 valence electrons. The quantitative estimate of drug-likeness (QED) is 0.200. The molecule has 1 aliphatic rings. The summed E-state index contributed by atoms with van der Waals surface area (Å²) in [6, 6.07) is 1.28. The Labute approximate surface area is 182 Å². The summed E-state index contributed by atoms with van der Waals surface area (Å²) in [5.74, 6) is -4.34. The van der Waals surface area contributed by atoms with Crippen LogP contribution in [-0.2, 0) is 24.3 Å². The number of aliphatic carboxylic acids is 1. The standard InChI is InChI=1S/C18H22N2O11S/c1-8(22)19-14-11(6-13(18(27)28)31-16(14)15(24)12(23)7-21)20-32(29,30)10-4-2-9(3-5-10)17(25)26/h2-6,11-12,14-16,20-21,23-24H,7H2,1H3,(H,19,22)(H,25,26)(H,27,28)/t11-,12?,14+,15?,16+/m0/s1. The van der Waals surface area contributed by atoms with Gasteiger partial charge in [0.05, 0.1) is 29.1 Å². The lowest BCUT2D eigenvalue weighted by molar-refractivity contribution is -0.146. The fraction of sp³-hybridized carbons (Fsp3) is 0.389. The van der Waals surface area contributed by atoms with Gasteiger partial charge in [0.2, 0.25) is 21.7 Å². The number of aromatic carboxylic acids is 1. The molecule has 5 atom stereocenters. The minimum Gasteiger partial charge on any atom is -0.478 e. The van der Waals surface area contributed by atoms with E-state index in [1.165, 1.54) is 0 Å². The lowest BCUT2D eigenvalue weighted by Gasteiger charge is -2.39. The average Bonchev–Trinajstić information content (AvgIpc) is 2.73. The Balaban J connectivity index is 2.47. The third kappa shape index (κ3) is 5.80. The molecule has 32 heavy (non-hydrogen) atoms. The fourth-order valence-corrected chi connectivity index (χ4v) is 4.20. The number of carbonyl (C=O) groups is 3. The first kappa shape index (κ1) is 25.2. The van der Waals surface area contributed by atoms with Gasteiger partial charge in [-0.2, -0.15) is 0 Å². The number of sulfonamides is 1. The van der Waals surface area contributed by atoms with Crippen LogP contribution >= 0.6 is 0 Å². The third-order valence-electron chi connectivity index (χ3n) is 4.54. The molecule has 0 aromatic heterocycles. The van der Waals surface area contributed by atoms with Crippen LogP contribution in [0.4, 0.5) is 0 Å². The Morgan fingerprint density at radius 2 is 1.69 bits per heavy atom. The van der Waals surface area contributed by atoms with Crippen LogP contribution in [0.2, 0.25) is 0 Å². The van der Waals surface area contributed by atoms with E-state index in [4.69, 9.17) is 14.9 Å². The van der Waals surface area contributed by atoms with Crippen LogP contribution in [0.3, 0.4) is 0 Å². The van der Waals surface area contributed by atoms with E-state index >= 15 is 0 Å². The normalized spacial score (nSPS) is 22.8. The number of carboxylic acid groups (broad SMARTS) is 2. The molecular weight excluding hydrogens is 452 g/mol. The van der Waals surface area contributed by atoms with Crippen molar-refractivity contribution in [3.05, 3.63) is 41.7 Å². The lowest BCUT2D eigenvalue weighted by atomic mass is 9.92. The third-order valence-corrected chi connectivity index (χ3v) is 6.01. The summed E-state index contributed by atoms with van der Waals surface area (Å²) < 4.78 is 33.0. The summed E-state index contributed by atoms with van der Waals surface area (Å²) in [6.07, 6.45) is -4.48.